The van der Waals surface area contributed by atoms with Crippen LogP contribution in [-0.4, -0.2) is 63.0 Å². The van der Waals surface area contributed by atoms with E-state index in [1.165, 1.54) is 19.2 Å². The van der Waals surface area contributed by atoms with Crippen molar-refractivity contribution in [2.75, 3.05) is 36.4 Å². The number of carbonyl (C=O) groups excluding carboxylic acids is 1. The molecule has 8 nitrogen and oxygen atoms in total. The van der Waals surface area contributed by atoms with Crippen molar-refractivity contribution in [3.8, 4) is 0 Å². The topological polar surface area (TPSA) is 87.1 Å². The first-order valence-corrected chi connectivity index (χ1v) is 9.19. The average Bonchev–Trinajstić information content (AvgIpc) is 3.21. The summed E-state index contributed by atoms with van der Waals surface area (Å²) >= 11 is 0. The van der Waals surface area contributed by atoms with E-state index in [0.717, 1.165) is 18.7 Å². The molecule has 2 aromatic heterocycles. The number of hydrogen-bond acceptors (Lipinski definition) is 7. The van der Waals surface area contributed by atoms with Gasteiger partial charge in [-0.2, -0.15) is 0 Å². The fraction of sp³-hybridized carbons (Fsp3) is 0.500. The Kier molecular flexibility index (Phi) is 4.90. The molecular weight excluding hydrogens is 330 g/mol. The summed E-state index contributed by atoms with van der Waals surface area (Å²) in [5.41, 5.74) is 0.449. The molecule has 0 atom stereocenters. The van der Waals surface area contributed by atoms with Gasteiger partial charge in [-0.3, -0.25) is 4.79 Å². The lowest BCUT2D eigenvalue weighted by molar-refractivity contribution is 0.0740. The fourth-order valence-corrected chi connectivity index (χ4v) is 3.56. The number of nitrogens with zero attached hydrogens (tertiary/aromatic N) is 6. The summed E-state index contributed by atoms with van der Waals surface area (Å²) in [6, 6.07) is 4.03. The zero-order chi connectivity index (χ0) is 17.8. The maximum atomic E-state index is 12.8. The molecule has 2 fully saturated rings. The minimum atomic E-state index is -0.0458. The molecular formula is C18H23N7O. The van der Waals surface area contributed by atoms with Crippen molar-refractivity contribution >= 4 is 17.7 Å². The van der Waals surface area contributed by atoms with Crippen molar-refractivity contribution in [2.24, 2.45) is 0 Å². The highest BCUT2D eigenvalue weighted by Crippen LogP contribution is 2.21. The summed E-state index contributed by atoms with van der Waals surface area (Å²) in [4.78, 5) is 33.7. The Labute approximate surface area is 152 Å². The van der Waals surface area contributed by atoms with Gasteiger partial charge in [0.15, 0.2) is 0 Å². The highest BCUT2D eigenvalue weighted by atomic mass is 16.2. The van der Waals surface area contributed by atoms with Gasteiger partial charge in [0, 0.05) is 50.7 Å². The number of piperazine rings is 1. The van der Waals surface area contributed by atoms with E-state index in [4.69, 9.17) is 0 Å². The van der Waals surface area contributed by atoms with Gasteiger partial charge in [0.1, 0.15) is 17.8 Å². The lowest BCUT2D eigenvalue weighted by Crippen LogP contribution is -2.49. The predicted molar refractivity (Wildman–Crippen MR) is 98.1 cm³/mol. The van der Waals surface area contributed by atoms with Crippen molar-refractivity contribution in [1.29, 1.82) is 0 Å². The Morgan fingerprint density at radius 2 is 1.73 bits per heavy atom. The Hall–Kier alpha value is -2.77. The van der Waals surface area contributed by atoms with Gasteiger partial charge in [-0.25, -0.2) is 19.9 Å². The van der Waals surface area contributed by atoms with Gasteiger partial charge in [0.2, 0.25) is 5.95 Å². The molecule has 0 aromatic carbocycles. The molecule has 4 rings (SSSR count). The van der Waals surface area contributed by atoms with Crippen molar-refractivity contribution in [3.05, 3.63) is 36.5 Å². The Bertz CT molecular complexity index is 740. The van der Waals surface area contributed by atoms with E-state index in [0.29, 0.717) is 43.9 Å². The summed E-state index contributed by atoms with van der Waals surface area (Å²) < 4.78 is 0. The van der Waals surface area contributed by atoms with Gasteiger partial charge in [0.05, 0.1) is 0 Å². The van der Waals surface area contributed by atoms with Crippen molar-refractivity contribution in [2.45, 2.75) is 31.7 Å². The first kappa shape index (κ1) is 16.7. The number of amides is 1. The van der Waals surface area contributed by atoms with Gasteiger partial charge >= 0.3 is 0 Å². The lowest BCUT2D eigenvalue weighted by Gasteiger charge is -2.34. The molecule has 1 N–H and O–H groups in total. The maximum absolute atomic E-state index is 12.8. The Balaban J connectivity index is 1.37. The van der Waals surface area contributed by atoms with Crippen molar-refractivity contribution in [1.82, 2.24) is 24.8 Å². The van der Waals surface area contributed by atoms with Crippen LogP contribution in [-0.2, 0) is 0 Å². The zero-order valence-corrected chi connectivity index (χ0v) is 14.7. The van der Waals surface area contributed by atoms with Gasteiger partial charge in [-0.05, 0) is 18.9 Å². The highest BCUT2D eigenvalue weighted by molar-refractivity contribution is 5.93. The number of carbonyl (C=O) groups is 1. The van der Waals surface area contributed by atoms with Crippen LogP contribution in [0, 0.1) is 0 Å². The number of anilines is 2. The third-order valence-corrected chi connectivity index (χ3v) is 5.00. The van der Waals surface area contributed by atoms with E-state index < -0.39 is 0 Å². The molecule has 8 heteroatoms. The van der Waals surface area contributed by atoms with Gasteiger partial charge in [-0.15, -0.1) is 0 Å². The molecule has 26 heavy (non-hydrogen) atoms. The van der Waals surface area contributed by atoms with E-state index in [1.807, 2.05) is 4.90 Å². The van der Waals surface area contributed by atoms with E-state index in [2.05, 4.69) is 30.2 Å². The molecule has 1 saturated heterocycles. The van der Waals surface area contributed by atoms with Gasteiger partial charge in [0.25, 0.3) is 5.91 Å². The second-order valence-electron chi connectivity index (χ2n) is 6.74. The Morgan fingerprint density at radius 3 is 2.46 bits per heavy atom. The monoisotopic (exact) mass is 353 g/mol. The largest absolute Gasteiger partial charge is 0.367 e. The third kappa shape index (κ3) is 3.74. The Morgan fingerprint density at radius 1 is 1.00 bits per heavy atom. The molecule has 136 valence electrons. The number of rotatable bonds is 4. The van der Waals surface area contributed by atoms with Crippen LogP contribution in [0.25, 0.3) is 0 Å². The molecule has 0 bridgehead atoms. The van der Waals surface area contributed by atoms with Gasteiger partial charge in [-0.1, -0.05) is 12.8 Å². The smallest absolute Gasteiger partial charge is 0.272 e. The minimum Gasteiger partial charge on any atom is -0.367 e. The second kappa shape index (κ2) is 7.63. The molecule has 0 radical (unpaired) electrons. The standard InChI is InChI=1S/C18H23N7O/c26-17(15-12-16(22-13-21-15)23-14-4-1-2-5-14)24-8-10-25(11-9-24)18-19-6-3-7-20-18/h3,6-7,12-14H,1-2,4-5,8-11H2,(H,21,22,23). The summed E-state index contributed by atoms with van der Waals surface area (Å²) in [5.74, 6) is 1.41. The first-order valence-electron chi connectivity index (χ1n) is 9.19. The van der Waals surface area contributed by atoms with Gasteiger partial charge < -0.3 is 15.1 Å². The number of hydrogen-bond donors (Lipinski definition) is 1. The highest BCUT2D eigenvalue weighted by Gasteiger charge is 2.24. The van der Waals surface area contributed by atoms with Crippen LogP contribution in [0.2, 0.25) is 0 Å². The number of aromatic nitrogens is 4. The van der Waals surface area contributed by atoms with Crippen molar-refractivity contribution in [3.63, 3.8) is 0 Å². The third-order valence-electron chi connectivity index (χ3n) is 5.00. The van der Waals surface area contributed by atoms with Crippen LogP contribution in [0.3, 0.4) is 0 Å². The average molecular weight is 353 g/mol. The molecule has 1 aliphatic carbocycles. The fourth-order valence-electron chi connectivity index (χ4n) is 3.56. The second-order valence-corrected chi connectivity index (χ2v) is 6.74. The molecule has 2 aromatic rings. The molecule has 0 unspecified atom stereocenters. The predicted octanol–water partition coefficient (Wildman–Crippen LogP) is 1.58. The summed E-state index contributed by atoms with van der Waals surface area (Å²) in [5, 5.41) is 3.42. The van der Waals surface area contributed by atoms with E-state index >= 15 is 0 Å². The van der Waals surface area contributed by atoms with Crippen LogP contribution in [0.5, 0.6) is 0 Å². The minimum absolute atomic E-state index is 0.0458. The van der Waals surface area contributed by atoms with E-state index in [1.54, 1.807) is 24.5 Å². The summed E-state index contributed by atoms with van der Waals surface area (Å²) in [6.07, 6.45) is 9.78. The molecule has 1 aliphatic heterocycles. The molecule has 1 amide bonds. The normalized spacial score (nSPS) is 18.2. The van der Waals surface area contributed by atoms with Crippen molar-refractivity contribution < 1.29 is 4.79 Å². The van der Waals surface area contributed by atoms with Crippen LogP contribution < -0.4 is 10.2 Å². The van der Waals surface area contributed by atoms with E-state index in [9.17, 15) is 4.79 Å². The van der Waals surface area contributed by atoms with Crippen LogP contribution in [0.1, 0.15) is 36.2 Å². The van der Waals surface area contributed by atoms with Crippen LogP contribution in [0.15, 0.2) is 30.9 Å². The summed E-state index contributed by atoms with van der Waals surface area (Å²) in [6.45, 7) is 2.70. The maximum Gasteiger partial charge on any atom is 0.272 e. The molecule has 1 saturated carbocycles. The zero-order valence-electron chi connectivity index (χ0n) is 14.7. The van der Waals surface area contributed by atoms with E-state index in [-0.39, 0.29) is 5.91 Å². The molecule has 0 spiro atoms. The first-order chi connectivity index (χ1) is 12.8. The molecule has 3 heterocycles. The number of nitrogens with one attached hydrogen (secondary N) is 1. The SMILES string of the molecule is O=C(c1cc(NC2CCCC2)ncn1)N1CCN(c2ncccn2)CC1. The lowest BCUT2D eigenvalue weighted by atomic mass is 10.2. The molecule has 2 aliphatic rings. The quantitative estimate of drug-likeness (QED) is 0.893. The van der Waals surface area contributed by atoms with Crippen LogP contribution >= 0.6 is 0 Å². The summed E-state index contributed by atoms with van der Waals surface area (Å²) in [7, 11) is 0. The van der Waals surface area contributed by atoms with Crippen LogP contribution in [0.4, 0.5) is 11.8 Å².